The molecule has 1 amide bonds. The summed E-state index contributed by atoms with van der Waals surface area (Å²) in [5.74, 6) is 0.791. The van der Waals surface area contributed by atoms with Crippen molar-refractivity contribution in [2.24, 2.45) is 0 Å². The highest BCUT2D eigenvalue weighted by molar-refractivity contribution is 7.98. The standard InChI is InChI=1S/C19H18N6O2S3/c1-11-3-5-13(6-4-11)8-20-17(26)18-24-23-16(30-18)10-29-19-25-22-15(27-19)7-14-9-28-12(2)21-14/h3-6,9H,7-8,10H2,1-2H3,(H,20,26). The monoisotopic (exact) mass is 458 g/mol. The molecule has 0 radical (unpaired) electrons. The van der Waals surface area contributed by atoms with Gasteiger partial charge >= 0.3 is 0 Å². The number of nitrogens with zero attached hydrogens (tertiary/aromatic N) is 5. The number of amides is 1. The molecule has 0 atom stereocenters. The van der Waals surface area contributed by atoms with Gasteiger partial charge in [0.2, 0.25) is 10.9 Å². The lowest BCUT2D eigenvalue weighted by Gasteiger charge is -2.03. The molecule has 4 rings (SSSR count). The van der Waals surface area contributed by atoms with Crippen LogP contribution in [-0.4, -0.2) is 31.3 Å². The van der Waals surface area contributed by atoms with Crippen molar-refractivity contribution in [1.82, 2.24) is 30.7 Å². The van der Waals surface area contributed by atoms with E-state index in [1.165, 1.54) is 28.7 Å². The van der Waals surface area contributed by atoms with E-state index >= 15 is 0 Å². The number of carbonyl (C=O) groups excluding carboxylic acids is 1. The van der Waals surface area contributed by atoms with E-state index in [4.69, 9.17) is 4.42 Å². The van der Waals surface area contributed by atoms with Gasteiger partial charge in [-0.05, 0) is 19.4 Å². The van der Waals surface area contributed by atoms with Gasteiger partial charge in [0, 0.05) is 11.9 Å². The van der Waals surface area contributed by atoms with Crippen LogP contribution in [0.3, 0.4) is 0 Å². The summed E-state index contributed by atoms with van der Waals surface area (Å²) in [5.41, 5.74) is 3.14. The second kappa shape index (κ2) is 9.45. The molecule has 0 aliphatic heterocycles. The minimum Gasteiger partial charge on any atom is -0.416 e. The van der Waals surface area contributed by atoms with Crippen LogP contribution in [0.5, 0.6) is 0 Å². The SMILES string of the molecule is Cc1ccc(CNC(=O)c2nnc(CSc3nnc(Cc4csc(C)n4)o3)s2)cc1. The Morgan fingerprint density at radius 1 is 1.13 bits per heavy atom. The smallest absolute Gasteiger partial charge is 0.282 e. The molecule has 30 heavy (non-hydrogen) atoms. The van der Waals surface area contributed by atoms with Crippen LogP contribution in [0.2, 0.25) is 0 Å². The first-order chi connectivity index (χ1) is 14.5. The Hall–Kier alpha value is -2.63. The fourth-order valence-electron chi connectivity index (χ4n) is 2.50. The predicted octanol–water partition coefficient (Wildman–Crippen LogP) is 3.81. The Morgan fingerprint density at radius 2 is 1.97 bits per heavy atom. The third kappa shape index (κ3) is 5.49. The second-order valence-corrected chi connectivity index (χ2v) is 9.51. The third-order valence-corrected chi connectivity index (χ3v) is 6.76. The van der Waals surface area contributed by atoms with Crippen LogP contribution in [-0.2, 0) is 18.7 Å². The molecule has 3 aromatic heterocycles. The Labute approximate surface area is 185 Å². The summed E-state index contributed by atoms with van der Waals surface area (Å²) in [5, 5.41) is 23.5. The summed E-state index contributed by atoms with van der Waals surface area (Å²) in [7, 11) is 0. The molecular formula is C19H18N6O2S3. The molecule has 1 aromatic carbocycles. The van der Waals surface area contributed by atoms with Crippen LogP contribution in [0.1, 0.15) is 42.5 Å². The molecule has 3 heterocycles. The molecule has 1 N–H and O–H groups in total. The summed E-state index contributed by atoms with van der Waals surface area (Å²) in [6.45, 7) is 4.44. The molecule has 11 heteroatoms. The maximum Gasteiger partial charge on any atom is 0.282 e. The van der Waals surface area contributed by atoms with Crippen LogP contribution < -0.4 is 5.32 Å². The maximum absolute atomic E-state index is 12.3. The minimum atomic E-state index is -0.233. The van der Waals surface area contributed by atoms with Gasteiger partial charge in [-0.2, -0.15) is 0 Å². The molecule has 0 saturated heterocycles. The zero-order valence-electron chi connectivity index (χ0n) is 16.3. The number of benzene rings is 1. The Kier molecular flexibility index (Phi) is 6.50. The fraction of sp³-hybridized carbons (Fsp3) is 0.263. The van der Waals surface area contributed by atoms with Gasteiger partial charge in [0.05, 0.1) is 22.9 Å². The minimum absolute atomic E-state index is 0.233. The van der Waals surface area contributed by atoms with Gasteiger partial charge in [-0.15, -0.1) is 31.7 Å². The van der Waals surface area contributed by atoms with E-state index in [0.29, 0.717) is 34.8 Å². The van der Waals surface area contributed by atoms with Crippen molar-refractivity contribution >= 4 is 40.3 Å². The van der Waals surface area contributed by atoms with Crippen molar-refractivity contribution in [2.45, 2.75) is 37.8 Å². The van der Waals surface area contributed by atoms with Crippen molar-refractivity contribution < 1.29 is 9.21 Å². The highest BCUT2D eigenvalue weighted by atomic mass is 32.2. The number of hydrogen-bond donors (Lipinski definition) is 1. The molecule has 0 spiro atoms. The van der Waals surface area contributed by atoms with Crippen LogP contribution >= 0.6 is 34.4 Å². The summed E-state index contributed by atoms with van der Waals surface area (Å²) in [6, 6.07) is 8.02. The first kappa shape index (κ1) is 20.6. The van der Waals surface area contributed by atoms with Gasteiger partial charge in [-0.1, -0.05) is 52.9 Å². The molecular weight excluding hydrogens is 440 g/mol. The van der Waals surface area contributed by atoms with Gasteiger partial charge in [-0.3, -0.25) is 4.79 Å². The van der Waals surface area contributed by atoms with Gasteiger partial charge < -0.3 is 9.73 Å². The van der Waals surface area contributed by atoms with Gasteiger partial charge in [0.25, 0.3) is 11.1 Å². The van der Waals surface area contributed by atoms with E-state index < -0.39 is 0 Å². The topological polar surface area (TPSA) is 107 Å². The number of thioether (sulfide) groups is 1. The Bertz CT molecular complexity index is 1140. The lowest BCUT2D eigenvalue weighted by molar-refractivity contribution is 0.0950. The van der Waals surface area contributed by atoms with Crippen LogP contribution in [0.15, 0.2) is 39.3 Å². The van der Waals surface area contributed by atoms with Crippen molar-refractivity contribution in [1.29, 1.82) is 0 Å². The van der Waals surface area contributed by atoms with Crippen molar-refractivity contribution in [3.8, 4) is 0 Å². The molecule has 8 nitrogen and oxygen atoms in total. The normalized spacial score (nSPS) is 11.0. The number of rotatable bonds is 8. The molecule has 0 aliphatic carbocycles. The first-order valence-corrected chi connectivity index (χ1v) is 11.8. The number of hydrogen-bond acceptors (Lipinski definition) is 10. The van der Waals surface area contributed by atoms with Crippen LogP contribution in [0.4, 0.5) is 0 Å². The predicted molar refractivity (Wildman–Crippen MR) is 116 cm³/mol. The zero-order chi connectivity index (χ0) is 20.9. The van der Waals surface area contributed by atoms with Gasteiger partial charge in [0.15, 0.2) is 0 Å². The van der Waals surface area contributed by atoms with E-state index in [0.717, 1.165) is 21.3 Å². The number of nitrogens with one attached hydrogen (secondary N) is 1. The van der Waals surface area contributed by atoms with E-state index in [-0.39, 0.29) is 5.91 Å². The molecule has 0 unspecified atom stereocenters. The van der Waals surface area contributed by atoms with E-state index in [2.05, 4.69) is 30.7 Å². The number of aromatic nitrogens is 5. The number of thiazole rings is 1. The molecule has 0 bridgehead atoms. The second-order valence-electron chi connectivity index (χ2n) is 6.45. The lowest BCUT2D eigenvalue weighted by Crippen LogP contribution is -2.22. The molecule has 0 saturated carbocycles. The largest absolute Gasteiger partial charge is 0.416 e. The van der Waals surface area contributed by atoms with E-state index in [1.807, 2.05) is 43.5 Å². The van der Waals surface area contributed by atoms with E-state index in [1.54, 1.807) is 11.3 Å². The molecule has 154 valence electrons. The van der Waals surface area contributed by atoms with E-state index in [9.17, 15) is 4.79 Å². The van der Waals surface area contributed by atoms with Crippen molar-refractivity contribution in [2.75, 3.05) is 0 Å². The highest BCUT2D eigenvalue weighted by Gasteiger charge is 2.15. The van der Waals surface area contributed by atoms with Gasteiger partial charge in [0.1, 0.15) is 5.01 Å². The number of aryl methyl sites for hydroxylation is 2. The third-order valence-electron chi connectivity index (χ3n) is 4.00. The van der Waals surface area contributed by atoms with Crippen molar-refractivity contribution in [3.05, 3.63) is 67.4 Å². The molecule has 0 fully saturated rings. The highest BCUT2D eigenvalue weighted by Crippen LogP contribution is 2.24. The summed E-state index contributed by atoms with van der Waals surface area (Å²) < 4.78 is 5.65. The number of carbonyl (C=O) groups is 1. The van der Waals surface area contributed by atoms with Crippen molar-refractivity contribution in [3.63, 3.8) is 0 Å². The maximum atomic E-state index is 12.3. The molecule has 0 aliphatic rings. The summed E-state index contributed by atoms with van der Waals surface area (Å²) in [4.78, 5) is 16.7. The Balaban J connectivity index is 1.27. The fourth-order valence-corrected chi connectivity index (χ4v) is 4.64. The van der Waals surface area contributed by atoms with Crippen LogP contribution in [0.25, 0.3) is 0 Å². The van der Waals surface area contributed by atoms with Crippen LogP contribution in [0, 0.1) is 13.8 Å². The quantitative estimate of drug-likeness (QED) is 0.397. The summed E-state index contributed by atoms with van der Waals surface area (Å²) >= 11 is 4.21. The average Bonchev–Trinajstić information content (AvgIpc) is 3.48. The average molecular weight is 459 g/mol. The lowest BCUT2D eigenvalue weighted by atomic mass is 10.1. The zero-order valence-corrected chi connectivity index (χ0v) is 18.7. The Morgan fingerprint density at radius 3 is 2.73 bits per heavy atom. The molecule has 4 aromatic rings. The first-order valence-electron chi connectivity index (χ1n) is 9.07. The summed E-state index contributed by atoms with van der Waals surface area (Å²) in [6.07, 6.45) is 0.516. The van der Waals surface area contributed by atoms with Gasteiger partial charge in [-0.25, -0.2) is 4.98 Å².